The molecule has 2 aromatic rings. The third-order valence-corrected chi connectivity index (χ3v) is 4.19. The summed E-state index contributed by atoms with van der Waals surface area (Å²) in [5.41, 5.74) is 1.17. The van der Waals surface area contributed by atoms with Crippen molar-refractivity contribution in [3.8, 4) is 11.5 Å². The van der Waals surface area contributed by atoms with E-state index in [0.717, 1.165) is 36.4 Å². The highest BCUT2D eigenvalue weighted by Gasteiger charge is 2.05. The van der Waals surface area contributed by atoms with E-state index in [-0.39, 0.29) is 0 Å². The SMILES string of the molecule is CC(C)CCC(C)CCOc1ccc(OCc2ccccc2)cc1. The lowest BCUT2D eigenvalue weighted by molar-refractivity contribution is 0.272. The second kappa shape index (κ2) is 10.0. The summed E-state index contributed by atoms with van der Waals surface area (Å²) in [5.74, 6) is 3.30. The Labute approximate surface area is 146 Å². The van der Waals surface area contributed by atoms with Crippen molar-refractivity contribution in [2.24, 2.45) is 11.8 Å². The first-order chi connectivity index (χ1) is 11.6. The molecule has 2 nitrogen and oxygen atoms in total. The van der Waals surface area contributed by atoms with E-state index >= 15 is 0 Å². The molecule has 0 amide bonds. The fourth-order valence-electron chi connectivity index (χ4n) is 2.51. The van der Waals surface area contributed by atoms with Crippen LogP contribution in [0.5, 0.6) is 11.5 Å². The summed E-state index contributed by atoms with van der Waals surface area (Å²) in [6.07, 6.45) is 3.70. The first-order valence-corrected chi connectivity index (χ1v) is 9.03. The number of ether oxygens (including phenoxy) is 2. The molecule has 24 heavy (non-hydrogen) atoms. The van der Waals surface area contributed by atoms with E-state index in [0.29, 0.717) is 6.61 Å². The van der Waals surface area contributed by atoms with Crippen molar-refractivity contribution in [2.75, 3.05) is 6.61 Å². The molecule has 0 fully saturated rings. The average molecular weight is 326 g/mol. The van der Waals surface area contributed by atoms with Gasteiger partial charge in [-0.2, -0.15) is 0 Å². The molecule has 0 aliphatic rings. The van der Waals surface area contributed by atoms with Crippen molar-refractivity contribution in [1.29, 1.82) is 0 Å². The van der Waals surface area contributed by atoms with Crippen molar-refractivity contribution in [3.63, 3.8) is 0 Å². The molecule has 0 aliphatic heterocycles. The molecule has 130 valence electrons. The van der Waals surface area contributed by atoms with E-state index in [9.17, 15) is 0 Å². The minimum atomic E-state index is 0.592. The van der Waals surface area contributed by atoms with Gasteiger partial charge in [0.2, 0.25) is 0 Å². The molecule has 2 aromatic carbocycles. The molecule has 0 bridgehead atoms. The van der Waals surface area contributed by atoms with Crippen LogP contribution in [0.2, 0.25) is 0 Å². The topological polar surface area (TPSA) is 18.5 Å². The summed E-state index contributed by atoms with van der Waals surface area (Å²) in [4.78, 5) is 0. The van der Waals surface area contributed by atoms with Crippen LogP contribution in [0.3, 0.4) is 0 Å². The molecule has 0 radical (unpaired) electrons. The summed E-state index contributed by atoms with van der Waals surface area (Å²) in [5, 5.41) is 0. The van der Waals surface area contributed by atoms with Crippen molar-refractivity contribution in [3.05, 3.63) is 60.2 Å². The molecule has 0 aliphatic carbocycles. The number of rotatable bonds is 10. The monoisotopic (exact) mass is 326 g/mol. The molecule has 2 rings (SSSR count). The molecular formula is C22H30O2. The quantitative estimate of drug-likeness (QED) is 0.524. The van der Waals surface area contributed by atoms with Gasteiger partial charge in [0.15, 0.2) is 0 Å². The molecule has 0 heterocycles. The molecular weight excluding hydrogens is 296 g/mol. The van der Waals surface area contributed by atoms with Gasteiger partial charge in [-0.15, -0.1) is 0 Å². The molecule has 1 unspecified atom stereocenters. The first-order valence-electron chi connectivity index (χ1n) is 9.03. The van der Waals surface area contributed by atoms with Gasteiger partial charge in [-0.05, 0) is 48.1 Å². The molecule has 0 aromatic heterocycles. The summed E-state index contributed by atoms with van der Waals surface area (Å²) in [6, 6.07) is 18.1. The average Bonchev–Trinajstić information content (AvgIpc) is 2.60. The van der Waals surface area contributed by atoms with Crippen LogP contribution in [-0.2, 0) is 6.61 Å². The van der Waals surface area contributed by atoms with Gasteiger partial charge in [0.1, 0.15) is 18.1 Å². The maximum absolute atomic E-state index is 5.85. The molecule has 1 atom stereocenters. The van der Waals surface area contributed by atoms with Crippen LogP contribution in [0.25, 0.3) is 0 Å². The minimum Gasteiger partial charge on any atom is -0.494 e. The predicted octanol–water partition coefficient (Wildman–Crippen LogP) is 6.11. The highest BCUT2D eigenvalue weighted by Crippen LogP contribution is 2.20. The van der Waals surface area contributed by atoms with Gasteiger partial charge in [-0.1, -0.05) is 63.9 Å². The van der Waals surface area contributed by atoms with E-state index < -0.39 is 0 Å². The smallest absolute Gasteiger partial charge is 0.120 e. The summed E-state index contributed by atoms with van der Waals surface area (Å²) in [6.45, 7) is 8.25. The fraction of sp³-hybridized carbons (Fsp3) is 0.455. The van der Waals surface area contributed by atoms with Crippen LogP contribution >= 0.6 is 0 Å². The Hall–Kier alpha value is -1.96. The maximum atomic E-state index is 5.85. The lowest BCUT2D eigenvalue weighted by Crippen LogP contribution is -2.05. The molecule has 0 spiro atoms. The van der Waals surface area contributed by atoms with Gasteiger partial charge in [-0.25, -0.2) is 0 Å². The van der Waals surface area contributed by atoms with Crippen molar-refractivity contribution >= 4 is 0 Å². The predicted molar refractivity (Wildman–Crippen MR) is 101 cm³/mol. The van der Waals surface area contributed by atoms with E-state index in [4.69, 9.17) is 9.47 Å². The zero-order chi connectivity index (χ0) is 17.2. The summed E-state index contributed by atoms with van der Waals surface area (Å²) >= 11 is 0. The van der Waals surface area contributed by atoms with E-state index in [1.165, 1.54) is 18.4 Å². The largest absolute Gasteiger partial charge is 0.494 e. The first kappa shape index (κ1) is 18.4. The Morgan fingerprint density at radius 1 is 0.708 bits per heavy atom. The Balaban J connectivity index is 1.68. The summed E-state index contributed by atoms with van der Waals surface area (Å²) in [7, 11) is 0. The number of hydrogen-bond acceptors (Lipinski definition) is 2. The molecule has 0 N–H and O–H groups in total. The van der Waals surface area contributed by atoms with Gasteiger partial charge in [0, 0.05) is 0 Å². The van der Waals surface area contributed by atoms with Crippen molar-refractivity contribution in [2.45, 2.75) is 46.6 Å². The van der Waals surface area contributed by atoms with Gasteiger partial charge in [0.05, 0.1) is 6.61 Å². The second-order valence-electron chi connectivity index (χ2n) is 6.96. The maximum Gasteiger partial charge on any atom is 0.120 e. The highest BCUT2D eigenvalue weighted by atomic mass is 16.5. The summed E-state index contributed by atoms with van der Waals surface area (Å²) < 4.78 is 11.6. The normalized spacial score (nSPS) is 12.2. The van der Waals surface area contributed by atoms with Crippen LogP contribution in [0.4, 0.5) is 0 Å². The third kappa shape index (κ3) is 7.08. The van der Waals surface area contributed by atoms with Gasteiger partial charge in [0.25, 0.3) is 0 Å². The highest BCUT2D eigenvalue weighted by molar-refractivity contribution is 5.31. The lowest BCUT2D eigenvalue weighted by Gasteiger charge is -2.14. The van der Waals surface area contributed by atoms with Crippen LogP contribution < -0.4 is 9.47 Å². The zero-order valence-electron chi connectivity index (χ0n) is 15.2. The Morgan fingerprint density at radius 3 is 1.96 bits per heavy atom. The van der Waals surface area contributed by atoms with Gasteiger partial charge >= 0.3 is 0 Å². The Morgan fingerprint density at radius 2 is 1.33 bits per heavy atom. The Kier molecular flexibility index (Phi) is 7.67. The Bertz CT molecular complexity index is 560. The van der Waals surface area contributed by atoms with Crippen molar-refractivity contribution < 1.29 is 9.47 Å². The van der Waals surface area contributed by atoms with E-state index in [1.807, 2.05) is 42.5 Å². The lowest BCUT2D eigenvalue weighted by atomic mass is 9.97. The van der Waals surface area contributed by atoms with Crippen LogP contribution in [0, 0.1) is 11.8 Å². The van der Waals surface area contributed by atoms with Crippen molar-refractivity contribution in [1.82, 2.24) is 0 Å². The molecule has 0 saturated carbocycles. The third-order valence-electron chi connectivity index (χ3n) is 4.19. The zero-order valence-corrected chi connectivity index (χ0v) is 15.2. The fourth-order valence-corrected chi connectivity index (χ4v) is 2.51. The van der Waals surface area contributed by atoms with Crippen LogP contribution in [-0.4, -0.2) is 6.61 Å². The minimum absolute atomic E-state index is 0.592. The van der Waals surface area contributed by atoms with Crippen LogP contribution in [0.15, 0.2) is 54.6 Å². The number of benzene rings is 2. The second-order valence-corrected chi connectivity index (χ2v) is 6.96. The van der Waals surface area contributed by atoms with Gasteiger partial charge < -0.3 is 9.47 Å². The molecule has 2 heteroatoms. The van der Waals surface area contributed by atoms with Crippen LogP contribution in [0.1, 0.15) is 45.6 Å². The van der Waals surface area contributed by atoms with E-state index in [1.54, 1.807) is 0 Å². The molecule has 0 saturated heterocycles. The van der Waals surface area contributed by atoms with Gasteiger partial charge in [-0.3, -0.25) is 0 Å². The van der Waals surface area contributed by atoms with E-state index in [2.05, 4.69) is 32.9 Å². The number of hydrogen-bond donors (Lipinski definition) is 0. The standard InChI is InChI=1S/C22H30O2/c1-18(2)9-10-19(3)15-16-23-21-11-13-22(14-12-21)24-17-20-7-5-4-6-8-20/h4-8,11-14,18-19H,9-10,15-17H2,1-3H3.